The van der Waals surface area contributed by atoms with Gasteiger partial charge in [0.2, 0.25) is 0 Å². The summed E-state index contributed by atoms with van der Waals surface area (Å²) in [7, 11) is 0. The van der Waals surface area contributed by atoms with Crippen molar-refractivity contribution < 1.29 is 9.90 Å². The third-order valence-electron chi connectivity index (χ3n) is 4.31. The fraction of sp³-hybridized carbons (Fsp3) is 0.444. The second kappa shape index (κ2) is 7.32. The zero-order valence-electron chi connectivity index (χ0n) is 14.1. The predicted octanol–water partition coefficient (Wildman–Crippen LogP) is 3.34. The van der Waals surface area contributed by atoms with Crippen molar-refractivity contribution in [1.82, 2.24) is 9.88 Å². The average Bonchev–Trinajstić information content (AvgIpc) is 2.87. The molecule has 0 atom stereocenters. The Morgan fingerprint density at radius 1 is 1.38 bits per heavy atom. The maximum atomic E-state index is 12.3. The van der Waals surface area contributed by atoms with E-state index in [0.29, 0.717) is 31.1 Å². The highest BCUT2D eigenvalue weighted by Crippen LogP contribution is 2.26. The number of aliphatic hydroxyl groups excluding tert-OH is 1. The zero-order valence-corrected chi connectivity index (χ0v) is 14.9. The van der Waals surface area contributed by atoms with Gasteiger partial charge in [-0.2, -0.15) is 0 Å². The van der Waals surface area contributed by atoms with Crippen molar-refractivity contribution in [2.45, 2.75) is 39.2 Å². The Labute approximate surface area is 146 Å². The number of aryl methyl sites for hydroxylation is 2. The normalized spacial score (nSPS) is 15.5. The molecule has 0 radical (unpaired) electrons. The molecule has 1 aliphatic heterocycles. The van der Waals surface area contributed by atoms with Crippen molar-refractivity contribution in [3.05, 3.63) is 46.0 Å². The fourth-order valence-electron chi connectivity index (χ4n) is 2.89. The number of urea groups is 1. The fourth-order valence-corrected chi connectivity index (χ4v) is 3.88. The van der Waals surface area contributed by atoms with E-state index in [-0.39, 0.29) is 12.1 Å². The molecule has 2 aromatic rings. The van der Waals surface area contributed by atoms with Crippen LogP contribution in [0.2, 0.25) is 0 Å². The molecule has 5 nitrogen and oxygen atoms in total. The summed E-state index contributed by atoms with van der Waals surface area (Å²) in [4.78, 5) is 19.7. The highest BCUT2D eigenvalue weighted by Gasteiger charge is 2.22. The Morgan fingerprint density at radius 2 is 2.12 bits per heavy atom. The van der Waals surface area contributed by atoms with E-state index in [1.165, 1.54) is 27.3 Å². The van der Waals surface area contributed by atoms with Crippen LogP contribution in [0.1, 0.15) is 34.5 Å². The molecule has 1 aromatic carbocycles. The molecule has 6 heteroatoms. The van der Waals surface area contributed by atoms with Gasteiger partial charge >= 0.3 is 6.03 Å². The van der Waals surface area contributed by atoms with E-state index in [4.69, 9.17) is 0 Å². The van der Waals surface area contributed by atoms with Crippen LogP contribution in [0.15, 0.2) is 24.3 Å². The minimum Gasteiger partial charge on any atom is -0.393 e. The number of carbonyl (C=O) groups is 1. The lowest BCUT2D eigenvalue weighted by Crippen LogP contribution is -2.42. The minimum atomic E-state index is -0.280. The molecule has 1 aromatic heterocycles. The van der Waals surface area contributed by atoms with E-state index in [9.17, 15) is 9.90 Å². The smallest absolute Gasteiger partial charge is 0.323 e. The highest BCUT2D eigenvalue weighted by atomic mass is 32.1. The molecule has 2 amide bonds. The van der Waals surface area contributed by atoms with E-state index >= 15 is 0 Å². The number of amides is 2. The quantitative estimate of drug-likeness (QED) is 0.897. The number of carbonyl (C=O) groups excluding carboxylic acids is 1. The van der Waals surface area contributed by atoms with Crippen LogP contribution in [0.5, 0.6) is 0 Å². The molecular weight excluding hydrogens is 322 g/mol. The standard InChI is InChI=1S/C18H23N3O2S/c1-12-4-3-5-14(10-12)11-16-13(2)19-17(24-16)20-18(23)21-8-6-15(22)7-9-21/h3-5,10,15,22H,6-9,11H2,1-2H3,(H,19,20,23). The van der Waals surface area contributed by atoms with Crippen molar-refractivity contribution in [3.63, 3.8) is 0 Å². The van der Waals surface area contributed by atoms with Crippen LogP contribution in [0, 0.1) is 13.8 Å². The molecule has 1 aliphatic rings. The van der Waals surface area contributed by atoms with Crippen LogP contribution in [0.25, 0.3) is 0 Å². The van der Waals surface area contributed by atoms with Crippen LogP contribution in [0.3, 0.4) is 0 Å². The first-order chi connectivity index (χ1) is 11.5. The molecular formula is C18H23N3O2S. The summed E-state index contributed by atoms with van der Waals surface area (Å²) in [5, 5.41) is 13.1. The Kier molecular flexibility index (Phi) is 5.16. The van der Waals surface area contributed by atoms with Crippen molar-refractivity contribution in [2.75, 3.05) is 18.4 Å². The molecule has 24 heavy (non-hydrogen) atoms. The molecule has 0 unspecified atom stereocenters. The van der Waals surface area contributed by atoms with Gasteiger partial charge in [-0.05, 0) is 32.3 Å². The molecule has 1 fully saturated rings. The molecule has 1 saturated heterocycles. The second-order valence-electron chi connectivity index (χ2n) is 6.34. The number of benzene rings is 1. The number of thiazole rings is 1. The Bertz CT molecular complexity index is 721. The number of nitrogens with zero attached hydrogens (tertiary/aromatic N) is 2. The number of rotatable bonds is 3. The lowest BCUT2D eigenvalue weighted by atomic mass is 10.1. The number of piperidine rings is 1. The van der Waals surface area contributed by atoms with Gasteiger partial charge in [-0.25, -0.2) is 9.78 Å². The van der Waals surface area contributed by atoms with Gasteiger partial charge in [0.1, 0.15) is 0 Å². The third-order valence-corrected chi connectivity index (χ3v) is 5.38. The summed E-state index contributed by atoms with van der Waals surface area (Å²) >= 11 is 1.53. The third kappa shape index (κ3) is 4.13. The first-order valence-corrected chi connectivity index (χ1v) is 9.09. The largest absolute Gasteiger partial charge is 0.393 e. The van der Waals surface area contributed by atoms with E-state index in [1.54, 1.807) is 4.90 Å². The number of nitrogens with one attached hydrogen (secondary N) is 1. The van der Waals surface area contributed by atoms with E-state index < -0.39 is 0 Å². The van der Waals surface area contributed by atoms with E-state index in [2.05, 4.69) is 41.5 Å². The minimum absolute atomic E-state index is 0.127. The predicted molar refractivity (Wildman–Crippen MR) is 96.7 cm³/mol. The topological polar surface area (TPSA) is 65.5 Å². The zero-order chi connectivity index (χ0) is 17.1. The number of hydrogen-bond donors (Lipinski definition) is 2. The van der Waals surface area contributed by atoms with Gasteiger partial charge in [0, 0.05) is 24.4 Å². The van der Waals surface area contributed by atoms with Crippen LogP contribution >= 0.6 is 11.3 Å². The average molecular weight is 345 g/mol. The van der Waals surface area contributed by atoms with Crippen LogP contribution < -0.4 is 5.32 Å². The second-order valence-corrected chi connectivity index (χ2v) is 7.43. The van der Waals surface area contributed by atoms with Gasteiger partial charge in [0.15, 0.2) is 5.13 Å². The van der Waals surface area contributed by atoms with Gasteiger partial charge in [-0.3, -0.25) is 5.32 Å². The highest BCUT2D eigenvalue weighted by molar-refractivity contribution is 7.15. The van der Waals surface area contributed by atoms with Gasteiger partial charge in [0.25, 0.3) is 0 Å². The molecule has 3 rings (SSSR count). The van der Waals surface area contributed by atoms with Crippen molar-refractivity contribution >= 4 is 22.5 Å². The lowest BCUT2D eigenvalue weighted by Gasteiger charge is -2.29. The summed E-state index contributed by atoms with van der Waals surface area (Å²) in [6.45, 7) is 5.25. The summed E-state index contributed by atoms with van der Waals surface area (Å²) in [6.07, 6.45) is 1.83. The van der Waals surface area contributed by atoms with Crippen LogP contribution in [-0.2, 0) is 6.42 Å². The summed E-state index contributed by atoms with van der Waals surface area (Å²) in [5.74, 6) is 0. The van der Waals surface area contributed by atoms with Crippen LogP contribution in [-0.4, -0.2) is 40.2 Å². The van der Waals surface area contributed by atoms with Gasteiger partial charge in [-0.15, -0.1) is 11.3 Å². The monoisotopic (exact) mass is 345 g/mol. The van der Waals surface area contributed by atoms with Crippen molar-refractivity contribution in [1.29, 1.82) is 0 Å². The first-order valence-electron chi connectivity index (χ1n) is 8.27. The molecule has 0 aliphatic carbocycles. The van der Waals surface area contributed by atoms with Crippen molar-refractivity contribution in [3.8, 4) is 0 Å². The summed E-state index contributed by atoms with van der Waals surface area (Å²) in [6, 6.07) is 8.32. The Morgan fingerprint density at radius 3 is 2.83 bits per heavy atom. The lowest BCUT2D eigenvalue weighted by molar-refractivity contribution is 0.0972. The molecule has 2 N–H and O–H groups in total. The maximum absolute atomic E-state index is 12.3. The van der Waals surface area contributed by atoms with Gasteiger partial charge in [-0.1, -0.05) is 29.8 Å². The molecule has 2 heterocycles. The first kappa shape index (κ1) is 16.9. The Hall–Kier alpha value is -1.92. The van der Waals surface area contributed by atoms with E-state index in [0.717, 1.165) is 12.1 Å². The van der Waals surface area contributed by atoms with Gasteiger partial charge < -0.3 is 10.0 Å². The molecule has 128 valence electrons. The SMILES string of the molecule is Cc1cccc(Cc2sc(NC(=O)N3CCC(O)CC3)nc2C)c1. The number of hydrogen-bond acceptors (Lipinski definition) is 4. The number of anilines is 1. The van der Waals surface area contributed by atoms with Gasteiger partial charge in [0.05, 0.1) is 11.8 Å². The molecule has 0 bridgehead atoms. The van der Waals surface area contributed by atoms with Crippen molar-refractivity contribution in [2.24, 2.45) is 0 Å². The van der Waals surface area contributed by atoms with E-state index in [1.807, 2.05) is 6.92 Å². The summed E-state index contributed by atoms with van der Waals surface area (Å²) < 4.78 is 0. The Balaban J connectivity index is 1.64. The van der Waals surface area contributed by atoms with Crippen LogP contribution in [0.4, 0.5) is 9.93 Å². The number of likely N-dealkylation sites (tertiary alicyclic amines) is 1. The molecule has 0 saturated carbocycles. The number of aromatic nitrogens is 1. The summed E-state index contributed by atoms with van der Waals surface area (Å²) in [5.41, 5.74) is 3.46. The molecule has 0 spiro atoms. The maximum Gasteiger partial charge on any atom is 0.323 e. The number of aliphatic hydroxyl groups is 1.